The molecule has 0 bridgehead atoms. The maximum Gasteiger partial charge on any atom is 0.161 e. The molecule has 1 rings (SSSR count). The molecule has 0 heterocycles. The Labute approximate surface area is 61.4 Å². The van der Waals surface area contributed by atoms with Crippen molar-refractivity contribution in [1.29, 1.82) is 0 Å². The third kappa shape index (κ3) is 1.18. The minimum Gasteiger partial charge on any atom is -0.294 e. The molecule has 0 amide bonds. The van der Waals surface area contributed by atoms with Crippen LogP contribution in [0.2, 0.25) is 0 Å². The molecular formula is C9H12O. The van der Waals surface area contributed by atoms with Crippen molar-refractivity contribution in [2.75, 3.05) is 0 Å². The highest BCUT2D eigenvalue weighted by molar-refractivity contribution is 5.98. The van der Waals surface area contributed by atoms with Gasteiger partial charge in [-0.2, -0.15) is 0 Å². The normalized spacial score (nSPS) is 26.6. The Morgan fingerprint density at radius 3 is 2.80 bits per heavy atom. The number of carbonyl (C=O) groups excluding carboxylic acids is 1. The van der Waals surface area contributed by atoms with E-state index in [4.69, 9.17) is 0 Å². The second-order valence-corrected chi connectivity index (χ2v) is 2.96. The number of allylic oxidation sites excluding steroid dienone is 3. The minimum absolute atomic E-state index is 0.150. The van der Waals surface area contributed by atoms with E-state index < -0.39 is 0 Å². The summed E-state index contributed by atoms with van der Waals surface area (Å²) in [6, 6.07) is 0. The smallest absolute Gasteiger partial charge is 0.161 e. The molecule has 1 atom stereocenters. The molecule has 0 aromatic rings. The highest BCUT2D eigenvalue weighted by Gasteiger charge is 2.19. The predicted octanol–water partition coefficient (Wildman–Crippen LogP) is 2.10. The van der Waals surface area contributed by atoms with Crippen molar-refractivity contribution in [3.63, 3.8) is 0 Å². The van der Waals surface area contributed by atoms with Crippen LogP contribution in [0.3, 0.4) is 0 Å². The molecular weight excluding hydrogens is 124 g/mol. The first kappa shape index (κ1) is 7.26. The molecule has 10 heavy (non-hydrogen) atoms. The lowest BCUT2D eigenvalue weighted by Gasteiger charge is -2.16. The summed E-state index contributed by atoms with van der Waals surface area (Å²) in [5.41, 5.74) is 1.92. The number of hydrogen-bond donors (Lipinski definition) is 0. The largest absolute Gasteiger partial charge is 0.294 e. The highest BCUT2D eigenvalue weighted by Crippen LogP contribution is 2.22. The Morgan fingerprint density at radius 1 is 1.70 bits per heavy atom. The first-order valence-corrected chi connectivity index (χ1v) is 3.51. The van der Waals surface area contributed by atoms with Crippen molar-refractivity contribution in [3.8, 4) is 0 Å². The second-order valence-electron chi connectivity index (χ2n) is 2.96. The van der Waals surface area contributed by atoms with E-state index in [1.54, 1.807) is 0 Å². The third-order valence-corrected chi connectivity index (χ3v) is 1.83. The molecule has 1 heteroatoms. The van der Waals surface area contributed by atoms with Crippen LogP contribution < -0.4 is 0 Å². The van der Waals surface area contributed by atoms with Crippen molar-refractivity contribution in [2.45, 2.75) is 20.3 Å². The fourth-order valence-corrected chi connectivity index (χ4v) is 1.31. The molecule has 0 N–H and O–H groups in total. The molecule has 1 aliphatic carbocycles. The van der Waals surface area contributed by atoms with Crippen LogP contribution in [-0.2, 0) is 4.79 Å². The lowest BCUT2D eigenvalue weighted by molar-refractivity contribution is -0.118. The van der Waals surface area contributed by atoms with Gasteiger partial charge in [0.2, 0.25) is 0 Å². The fraction of sp³-hybridized carbons (Fsp3) is 0.444. The summed E-state index contributed by atoms with van der Waals surface area (Å²) in [6.45, 7) is 7.62. The number of carbonyl (C=O) groups is 1. The summed E-state index contributed by atoms with van der Waals surface area (Å²) in [6.07, 6.45) is 2.71. The van der Waals surface area contributed by atoms with Gasteiger partial charge < -0.3 is 0 Å². The van der Waals surface area contributed by atoms with Gasteiger partial charge in [0, 0.05) is 5.92 Å². The van der Waals surface area contributed by atoms with Crippen LogP contribution in [0, 0.1) is 5.92 Å². The lowest BCUT2D eigenvalue weighted by atomic mass is 9.87. The quantitative estimate of drug-likeness (QED) is 0.498. The maximum absolute atomic E-state index is 11.2. The summed E-state index contributed by atoms with van der Waals surface area (Å²) in [5, 5.41) is 0. The Bertz CT molecular complexity index is 211. The van der Waals surface area contributed by atoms with Crippen LogP contribution >= 0.6 is 0 Å². The zero-order valence-corrected chi connectivity index (χ0v) is 6.48. The molecule has 0 aliphatic heterocycles. The van der Waals surface area contributed by atoms with E-state index in [1.165, 1.54) is 0 Å². The first-order valence-electron chi connectivity index (χ1n) is 3.51. The van der Waals surface area contributed by atoms with Crippen LogP contribution in [0.15, 0.2) is 23.8 Å². The van der Waals surface area contributed by atoms with E-state index in [-0.39, 0.29) is 11.7 Å². The monoisotopic (exact) mass is 136 g/mol. The van der Waals surface area contributed by atoms with Gasteiger partial charge in [-0.3, -0.25) is 4.79 Å². The van der Waals surface area contributed by atoms with E-state index in [1.807, 2.05) is 19.9 Å². The van der Waals surface area contributed by atoms with Gasteiger partial charge in [-0.1, -0.05) is 25.2 Å². The van der Waals surface area contributed by atoms with Crippen molar-refractivity contribution < 1.29 is 4.79 Å². The standard InChI is InChI=1S/C9H12O/c1-6-4-7(2)9(10)8(3)5-6/h4,8H,1,5H2,2-3H3. The molecule has 1 aliphatic rings. The maximum atomic E-state index is 11.2. The summed E-state index contributed by atoms with van der Waals surface area (Å²) in [7, 11) is 0. The molecule has 0 radical (unpaired) electrons. The van der Waals surface area contributed by atoms with Gasteiger partial charge in [0.15, 0.2) is 5.78 Å². The topological polar surface area (TPSA) is 17.1 Å². The first-order chi connectivity index (χ1) is 4.61. The SMILES string of the molecule is C=C1C=C(C)C(=O)C(C)C1. The zero-order valence-electron chi connectivity index (χ0n) is 6.48. The molecule has 0 aromatic heterocycles. The predicted molar refractivity (Wildman–Crippen MR) is 41.7 cm³/mol. The number of ketones is 1. The summed E-state index contributed by atoms with van der Waals surface area (Å²) in [4.78, 5) is 11.2. The minimum atomic E-state index is 0.150. The highest BCUT2D eigenvalue weighted by atomic mass is 16.1. The van der Waals surface area contributed by atoms with Crippen LogP contribution in [-0.4, -0.2) is 5.78 Å². The lowest BCUT2D eigenvalue weighted by Crippen LogP contribution is -2.16. The van der Waals surface area contributed by atoms with Crippen LogP contribution in [0.1, 0.15) is 20.3 Å². The summed E-state index contributed by atoms with van der Waals surface area (Å²) < 4.78 is 0. The van der Waals surface area contributed by atoms with E-state index in [2.05, 4.69) is 6.58 Å². The van der Waals surface area contributed by atoms with E-state index in [0.29, 0.717) is 0 Å². The van der Waals surface area contributed by atoms with Gasteiger partial charge in [-0.15, -0.1) is 0 Å². The number of Topliss-reactive ketones (excluding diaryl/α,β-unsaturated/α-hetero) is 1. The summed E-state index contributed by atoms with van der Waals surface area (Å²) >= 11 is 0. The molecule has 54 valence electrons. The van der Waals surface area contributed by atoms with Crippen molar-refractivity contribution in [1.82, 2.24) is 0 Å². The Kier molecular flexibility index (Phi) is 1.75. The van der Waals surface area contributed by atoms with Crippen LogP contribution in [0.5, 0.6) is 0 Å². The van der Waals surface area contributed by atoms with Crippen LogP contribution in [0.4, 0.5) is 0 Å². The van der Waals surface area contributed by atoms with Gasteiger partial charge in [0.1, 0.15) is 0 Å². The molecule has 0 spiro atoms. The van der Waals surface area contributed by atoms with E-state index in [9.17, 15) is 4.79 Å². The Hall–Kier alpha value is -0.850. The third-order valence-electron chi connectivity index (χ3n) is 1.83. The zero-order chi connectivity index (χ0) is 7.72. The van der Waals surface area contributed by atoms with Gasteiger partial charge in [-0.25, -0.2) is 0 Å². The second kappa shape index (κ2) is 2.41. The van der Waals surface area contributed by atoms with E-state index >= 15 is 0 Å². The van der Waals surface area contributed by atoms with Crippen molar-refractivity contribution in [2.24, 2.45) is 5.92 Å². The van der Waals surface area contributed by atoms with Crippen molar-refractivity contribution in [3.05, 3.63) is 23.8 Å². The number of hydrogen-bond acceptors (Lipinski definition) is 1. The van der Waals surface area contributed by atoms with Gasteiger partial charge >= 0.3 is 0 Å². The molecule has 0 saturated heterocycles. The summed E-state index contributed by atoms with van der Waals surface area (Å²) in [5.74, 6) is 0.421. The molecule has 1 unspecified atom stereocenters. The van der Waals surface area contributed by atoms with Gasteiger partial charge in [0.25, 0.3) is 0 Å². The number of rotatable bonds is 0. The van der Waals surface area contributed by atoms with E-state index in [0.717, 1.165) is 17.6 Å². The molecule has 0 aromatic carbocycles. The van der Waals surface area contributed by atoms with Crippen molar-refractivity contribution >= 4 is 5.78 Å². The Morgan fingerprint density at radius 2 is 2.30 bits per heavy atom. The fourth-order valence-electron chi connectivity index (χ4n) is 1.31. The van der Waals surface area contributed by atoms with Crippen LogP contribution in [0.25, 0.3) is 0 Å². The average Bonchev–Trinajstić information content (AvgIpc) is 1.82. The Balaban J connectivity index is 2.91. The molecule has 0 fully saturated rings. The van der Waals surface area contributed by atoms with Gasteiger partial charge in [-0.05, 0) is 18.9 Å². The molecule has 1 nitrogen and oxygen atoms in total. The average molecular weight is 136 g/mol. The molecule has 0 saturated carbocycles. The van der Waals surface area contributed by atoms with Gasteiger partial charge in [0.05, 0.1) is 0 Å².